The Morgan fingerprint density at radius 2 is 1.86 bits per heavy atom. The first kappa shape index (κ1) is 16.4. The van der Waals surface area contributed by atoms with E-state index in [-0.39, 0.29) is 5.91 Å². The smallest absolute Gasteiger partial charge is 0.261 e. The standard InChI is InChI=1S/C18H20ClNO2/c1-3-16(22-17-7-5-4-6-13(17)2)18(21)20-12-14-8-10-15(19)11-9-14/h4-11,16H,3,12H2,1-2H3,(H,20,21). The van der Waals surface area contributed by atoms with Gasteiger partial charge in [0.15, 0.2) is 6.10 Å². The number of aryl methyl sites for hydroxylation is 1. The van der Waals surface area contributed by atoms with Crippen LogP contribution in [-0.2, 0) is 11.3 Å². The summed E-state index contributed by atoms with van der Waals surface area (Å²) in [6.07, 6.45) is 0.120. The van der Waals surface area contributed by atoms with Gasteiger partial charge in [-0.15, -0.1) is 0 Å². The highest BCUT2D eigenvalue weighted by atomic mass is 35.5. The second kappa shape index (κ2) is 7.85. The van der Waals surface area contributed by atoms with Crippen LogP contribution in [-0.4, -0.2) is 12.0 Å². The van der Waals surface area contributed by atoms with Gasteiger partial charge in [0.2, 0.25) is 0 Å². The third kappa shape index (κ3) is 4.50. The molecule has 0 aliphatic heterocycles. The Morgan fingerprint density at radius 3 is 2.50 bits per heavy atom. The molecule has 0 radical (unpaired) electrons. The molecule has 0 bridgehead atoms. The van der Waals surface area contributed by atoms with Gasteiger partial charge < -0.3 is 10.1 Å². The number of amides is 1. The fourth-order valence-corrected chi connectivity index (χ4v) is 2.20. The van der Waals surface area contributed by atoms with Crippen molar-refractivity contribution in [2.24, 2.45) is 0 Å². The monoisotopic (exact) mass is 317 g/mol. The van der Waals surface area contributed by atoms with Gasteiger partial charge in [-0.2, -0.15) is 0 Å². The predicted octanol–water partition coefficient (Wildman–Crippen LogP) is 4.12. The SMILES string of the molecule is CCC(Oc1ccccc1C)C(=O)NCc1ccc(Cl)cc1. The van der Waals surface area contributed by atoms with E-state index < -0.39 is 6.10 Å². The topological polar surface area (TPSA) is 38.3 Å². The summed E-state index contributed by atoms with van der Waals surface area (Å²) in [4.78, 5) is 12.3. The number of halogens is 1. The molecule has 2 aromatic carbocycles. The first-order chi connectivity index (χ1) is 10.6. The van der Waals surface area contributed by atoms with Crippen molar-refractivity contribution in [3.63, 3.8) is 0 Å². The Labute approximate surface area is 136 Å². The molecule has 2 rings (SSSR count). The highest BCUT2D eigenvalue weighted by molar-refractivity contribution is 6.30. The number of carbonyl (C=O) groups is 1. The van der Waals surface area contributed by atoms with Crippen LogP contribution in [0.25, 0.3) is 0 Å². The van der Waals surface area contributed by atoms with Crippen molar-refractivity contribution in [1.29, 1.82) is 0 Å². The van der Waals surface area contributed by atoms with Crippen LogP contribution in [0.15, 0.2) is 48.5 Å². The zero-order chi connectivity index (χ0) is 15.9. The van der Waals surface area contributed by atoms with Crippen LogP contribution in [0.4, 0.5) is 0 Å². The van der Waals surface area contributed by atoms with Gasteiger partial charge in [0.05, 0.1) is 0 Å². The van der Waals surface area contributed by atoms with E-state index in [4.69, 9.17) is 16.3 Å². The fourth-order valence-electron chi connectivity index (χ4n) is 2.07. The lowest BCUT2D eigenvalue weighted by Crippen LogP contribution is -2.37. The van der Waals surface area contributed by atoms with Gasteiger partial charge in [-0.25, -0.2) is 0 Å². The molecule has 2 aromatic rings. The highest BCUT2D eigenvalue weighted by Crippen LogP contribution is 2.19. The second-order valence-electron chi connectivity index (χ2n) is 5.12. The molecular formula is C18H20ClNO2. The molecule has 0 saturated heterocycles. The molecular weight excluding hydrogens is 298 g/mol. The first-order valence-corrected chi connectivity index (χ1v) is 7.72. The molecule has 1 amide bonds. The largest absolute Gasteiger partial charge is 0.480 e. The zero-order valence-electron chi connectivity index (χ0n) is 12.8. The molecule has 22 heavy (non-hydrogen) atoms. The van der Waals surface area contributed by atoms with Crippen molar-refractivity contribution in [2.75, 3.05) is 0 Å². The van der Waals surface area contributed by atoms with Gasteiger partial charge in [0.25, 0.3) is 5.91 Å². The predicted molar refractivity (Wildman–Crippen MR) is 89.2 cm³/mol. The minimum Gasteiger partial charge on any atom is -0.480 e. The van der Waals surface area contributed by atoms with E-state index >= 15 is 0 Å². The summed E-state index contributed by atoms with van der Waals surface area (Å²) in [5, 5.41) is 3.59. The van der Waals surface area contributed by atoms with Crippen molar-refractivity contribution in [1.82, 2.24) is 5.32 Å². The van der Waals surface area contributed by atoms with Crippen LogP contribution in [0, 0.1) is 6.92 Å². The average Bonchev–Trinajstić information content (AvgIpc) is 2.53. The van der Waals surface area contributed by atoms with Crippen LogP contribution < -0.4 is 10.1 Å². The van der Waals surface area contributed by atoms with E-state index in [9.17, 15) is 4.79 Å². The number of ether oxygens (including phenoxy) is 1. The maximum atomic E-state index is 12.3. The third-order valence-electron chi connectivity index (χ3n) is 3.41. The number of rotatable bonds is 6. The quantitative estimate of drug-likeness (QED) is 0.870. The molecule has 3 nitrogen and oxygen atoms in total. The number of hydrogen-bond acceptors (Lipinski definition) is 2. The fraction of sp³-hybridized carbons (Fsp3) is 0.278. The van der Waals surface area contributed by atoms with Gasteiger partial charge in [0.1, 0.15) is 5.75 Å². The van der Waals surface area contributed by atoms with Crippen molar-refractivity contribution >= 4 is 17.5 Å². The molecule has 4 heteroatoms. The number of hydrogen-bond donors (Lipinski definition) is 1. The summed E-state index contributed by atoms with van der Waals surface area (Å²) < 4.78 is 5.83. The minimum atomic E-state index is -0.492. The lowest BCUT2D eigenvalue weighted by atomic mass is 10.2. The summed E-state index contributed by atoms with van der Waals surface area (Å²) in [7, 11) is 0. The Morgan fingerprint density at radius 1 is 1.18 bits per heavy atom. The van der Waals surface area contributed by atoms with Crippen LogP contribution in [0.2, 0.25) is 5.02 Å². The van der Waals surface area contributed by atoms with Gasteiger partial charge in [-0.1, -0.05) is 48.9 Å². The van der Waals surface area contributed by atoms with Gasteiger partial charge in [-0.05, 0) is 42.7 Å². The molecule has 1 atom stereocenters. The molecule has 0 spiro atoms. The van der Waals surface area contributed by atoms with E-state index in [2.05, 4.69) is 5.32 Å². The number of para-hydroxylation sites is 1. The Hall–Kier alpha value is -2.00. The number of benzene rings is 2. The Bertz CT molecular complexity index is 625. The van der Waals surface area contributed by atoms with Crippen molar-refractivity contribution in [2.45, 2.75) is 32.9 Å². The molecule has 0 saturated carbocycles. The van der Waals surface area contributed by atoms with Gasteiger partial charge in [-0.3, -0.25) is 4.79 Å². The number of carbonyl (C=O) groups excluding carboxylic acids is 1. The van der Waals surface area contributed by atoms with E-state index in [0.29, 0.717) is 18.0 Å². The summed E-state index contributed by atoms with van der Waals surface area (Å²) in [6, 6.07) is 15.1. The average molecular weight is 318 g/mol. The van der Waals surface area contributed by atoms with Crippen LogP contribution >= 0.6 is 11.6 Å². The molecule has 116 valence electrons. The van der Waals surface area contributed by atoms with E-state index in [0.717, 1.165) is 16.9 Å². The first-order valence-electron chi connectivity index (χ1n) is 7.34. The molecule has 1 N–H and O–H groups in total. The van der Waals surface area contributed by atoms with Crippen LogP contribution in [0.5, 0.6) is 5.75 Å². The van der Waals surface area contributed by atoms with Crippen LogP contribution in [0.3, 0.4) is 0 Å². The molecule has 0 fully saturated rings. The van der Waals surface area contributed by atoms with Gasteiger partial charge in [0, 0.05) is 11.6 Å². The lowest BCUT2D eigenvalue weighted by Gasteiger charge is -2.18. The molecule has 0 aromatic heterocycles. The maximum Gasteiger partial charge on any atom is 0.261 e. The van der Waals surface area contributed by atoms with Gasteiger partial charge >= 0.3 is 0 Å². The third-order valence-corrected chi connectivity index (χ3v) is 3.66. The molecule has 0 aliphatic rings. The Kier molecular flexibility index (Phi) is 5.84. The Balaban J connectivity index is 1.94. The normalized spacial score (nSPS) is 11.8. The summed E-state index contributed by atoms with van der Waals surface area (Å²) >= 11 is 5.85. The lowest BCUT2D eigenvalue weighted by molar-refractivity contribution is -0.128. The highest BCUT2D eigenvalue weighted by Gasteiger charge is 2.18. The molecule has 0 heterocycles. The summed E-state index contributed by atoms with van der Waals surface area (Å²) in [5.41, 5.74) is 2.02. The van der Waals surface area contributed by atoms with Crippen LogP contribution in [0.1, 0.15) is 24.5 Å². The van der Waals surface area contributed by atoms with Crippen molar-refractivity contribution in [3.05, 3.63) is 64.7 Å². The number of nitrogens with one attached hydrogen (secondary N) is 1. The molecule has 1 unspecified atom stereocenters. The van der Waals surface area contributed by atoms with E-state index in [1.165, 1.54) is 0 Å². The zero-order valence-corrected chi connectivity index (χ0v) is 13.6. The van der Waals surface area contributed by atoms with Crippen molar-refractivity contribution in [3.8, 4) is 5.75 Å². The summed E-state index contributed by atoms with van der Waals surface area (Å²) in [5.74, 6) is 0.636. The summed E-state index contributed by atoms with van der Waals surface area (Å²) in [6.45, 7) is 4.36. The molecule has 0 aliphatic carbocycles. The maximum absolute atomic E-state index is 12.3. The van der Waals surface area contributed by atoms with E-state index in [1.54, 1.807) is 0 Å². The second-order valence-corrected chi connectivity index (χ2v) is 5.56. The van der Waals surface area contributed by atoms with Crippen molar-refractivity contribution < 1.29 is 9.53 Å². The van der Waals surface area contributed by atoms with E-state index in [1.807, 2.05) is 62.4 Å². The minimum absolute atomic E-state index is 0.110.